The Kier molecular flexibility index (Phi) is 3.83. The SMILES string of the molecule is O=C(O)/C=C(/c1ccccc1)n1ccc(-c2ccccc2)n1. The number of benzene rings is 2. The first-order chi connectivity index (χ1) is 10.7. The van der Waals surface area contributed by atoms with Crippen LogP contribution in [-0.4, -0.2) is 20.9 Å². The topological polar surface area (TPSA) is 55.1 Å². The van der Waals surface area contributed by atoms with Crippen LogP contribution < -0.4 is 0 Å². The Balaban J connectivity index is 2.04. The molecule has 0 amide bonds. The quantitative estimate of drug-likeness (QED) is 0.748. The van der Waals surface area contributed by atoms with Gasteiger partial charge >= 0.3 is 5.97 Å². The van der Waals surface area contributed by atoms with Gasteiger partial charge in [-0.05, 0) is 6.07 Å². The molecule has 1 heterocycles. The van der Waals surface area contributed by atoms with Gasteiger partial charge in [0, 0.05) is 23.4 Å². The summed E-state index contributed by atoms with van der Waals surface area (Å²) in [6.45, 7) is 0. The largest absolute Gasteiger partial charge is 0.478 e. The summed E-state index contributed by atoms with van der Waals surface area (Å²) in [4.78, 5) is 11.1. The Morgan fingerprint density at radius 3 is 2.23 bits per heavy atom. The van der Waals surface area contributed by atoms with Crippen molar-refractivity contribution in [2.24, 2.45) is 0 Å². The number of carbonyl (C=O) groups is 1. The van der Waals surface area contributed by atoms with Crippen molar-refractivity contribution < 1.29 is 9.90 Å². The van der Waals surface area contributed by atoms with Gasteiger partial charge in [0.2, 0.25) is 0 Å². The van der Waals surface area contributed by atoms with Gasteiger partial charge in [-0.25, -0.2) is 9.48 Å². The van der Waals surface area contributed by atoms with Crippen LogP contribution in [0.5, 0.6) is 0 Å². The van der Waals surface area contributed by atoms with Crippen molar-refractivity contribution in [3.05, 3.63) is 84.6 Å². The van der Waals surface area contributed by atoms with Crippen LogP contribution in [0.15, 0.2) is 79.0 Å². The first kappa shape index (κ1) is 13.8. The maximum atomic E-state index is 11.1. The molecule has 0 aliphatic carbocycles. The Labute approximate surface area is 128 Å². The van der Waals surface area contributed by atoms with Crippen LogP contribution in [0.4, 0.5) is 0 Å². The molecule has 0 fully saturated rings. The van der Waals surface area contributed by atoms with Crippen LogP contribution in [0.1, 0.15) is 5.56 Å². The molecular weight excluding hydrogens is 276 g/mol. The minimum atomic E-state index is -1.00. The van der Waals surface area contributed by atoms with Gasteiger partial charge in [0.15, 0.2) is 0 Å². The van der Waals surface area contributed by atoms with Crippen LogP contribution >= 0.6 is 0 Å². The predicted molar refractivity (Wildman–Crippen MR) is 85.1 cm³/mol. The molecule has 0 saturated heterocycles. The molecule has 0 radical (unpaired) electrons. The molecule has 0 atom stereocenters. The van der Waals surface area contributed by atoms with E-state index in [1.165, 1.54) is 0 Å². The Morgan fingerprint density at radius 2 is 1.59 bits per heavy atom. The van der Waals surface area contributed by atoms with Crippen molar-refractivity contribution in [2.45, 2.75) is 0 Å². The fourth-order valence-corrected chi connectivity index (χ4v) is 2.23. The highest BCUT2D eigenvalue weighted by molar-refractivity contribution is 5.89. The summed E-state index contributed by atoms with van der Waals surface area (Å²) in [5.41, 5.74) is 3.11. The monoisotopic (exact) mass is 290 g/mol. The number of hydrogen-bond acceptors (Lipinski definition) is 2. The summed E-state index contributed by atoms with van der Waals surface area (Å²) in [7, 11) is 0. The van der Waals surface area contributed by atoms with E-state index in [0.717, 1.165) is 22.9 Å². The highest BCUT2D eigenvalue weighted by Crippen LogP contribution is 2.21. The third kappa shape index (κ3) is 2.96. The number of carboxylic acid groups (broad SMARTS) is 1. The average Bonchev–Trinajstić information content (AvgIpc) is 3.04. The summed E-state index contributed by atoms with van der Waals surface area (Å²) in [6, 6.07) is 21.0. The molecule has 4 heteroatoms. The molecule has 3 aromatic rings. The fraction of sp³-hybridized carbons (Fsp3) is 0. The molecule has 1 aromatic heterocycles. The second kappa shape index (κ2) is 6.10. The van der Waals surface area contributed by atoms with Crippen molar-refractivity contribution in [3.8, 4) is 11.3 Å². The van der Waals surface area contributed by atoms with Crippen molar-refractivity contribution in [2.75, 3.05) is 0 Å². The number of carboxylic acids is 1. The molecule has 3 rings (SSSR count). The number of rotatable bonds is 4. The minimum absolute atomic E-state index is 0.523. The van der Waals surface area contributed by atoms with Crippen LogP contribution in [0.2, 0.25) is 0 Å². The molecule has 0 bridgehead atoms. The fourth-order valence-electron chi connectivity index (χ4n) is 2.23. The van der Waals surface area contributed by atoms with E-state index >= 15 is 0 Å². The summed E-state index contributed by atoms with van der Waals surface area (Å²) in [5.74, 6) is -1.00. The third-order valence-corrected chi connectivity index (χ3v) is 3.24. The van der Waals surface area contributed by atoms with E-state index in [-0.39, 0.29) is 0 Å². The van der Waals surface area contributed by atoms with E-state index < -0.39 is 5.97 Å². The zero-order valence-electron chi connectivity index (χ0n) is 11.8. The summed E-state index contributed by atoms with van der Waals surface area (Å²) in [6.07, 6.45) is 2.93. The number of aromatic nitrogens is 2. The number of hydrogen-bond donors (Lipinski definition) is 1. The minimum Gasteiger partial charge on any atom is -0.478 e. The molecule has 1 N–H and O–H groups in total. The van der Waals surface area contributed by atoms with Crippen molar-refractivity contribution >= 4 is 11.7 Å². The first-order valence-corrected chi connectivity index (χ1v) is 6.85. The van der Waals surface area contributed by atoms with Gasteiger partial charge in [-0.3, -0.25) is 0 Å². The summed E-state index contributed by atoms with van der Waals surface area (Å²) < 4.78 is 1.59. The van der Waals surface area contributed by atoms with Gasteiger partial charge in [0.25, 0.3) is 0 Å². The van der Waals surface area contributed by atoms with Crippen LogP contribution in [0, 0.1) is 0 Å². The van der Waals surface area contributed by atoms with E-state index in [4.69, 9.17) is 5.11 Å². The molecule has 108 valence electrons. The second-order valence-corrected chi connectivity index (χ2v) is 4.75. The molecule has 4 nitrogen and oxygen atoms in total. The maximum absolute atomic E-state index is 11.1. The van der Waals surface area contributed by atoms with Crippen LogP contribution in [-0.2, 0) is 4.79 Å². The molecule has 0 spiro atoms. The van der Waals surface area contributed by atoms with Crippen LogP contribution in [0.25, 0.3) is 17.0 Å². The molecule has 22 heavy (non-hydrogen) atoms. The van der Waals surface area contributed by atoms with Crippen molar-refractivity contribution in [1.29, 1.82) is 0 Å². The van der Waals surface area contributed by atoms with E-state index in [1.54, 1.807) is 10.9 Å². The van der Waals surface area contributed by atoms with Gasteiger partial charge < -0.3 is 5.11 Å². The lowest BCUT2D eigenvalue weighted by Crippen LogP contribution is -2.03. The molecule has 0 aliphatic heterocycles. The second-order valence-electron chi connectivity index (χ2n) is 4.75. The normalized spacial score (nSPS) is 11.4. The lowest BCUT2D eigenvalue weighted by Gasteiger charge is -2.07. The molecule has 0 aliphatic rings. The van der Waals surface area contributed by atoms with Gasteiger partial charge in [0.1, 0.15) is 0 Å². The van der Waals surface area contributed by atoms with E-state index in [1.807, 2.05) is 66.7 Å². The first-order valence-electron chi connectivity index (χ1n) is 6.85. The number of aliphatic carboxylic acids is 1. The highest BCUT2D eigenvalue weighted by atomic mass is 16.4. The maximum Gasteiger partial charge on any atom is 0.330 e. The third-order valence-electron chi connectivity index (χ3n) is 3.24. The predicted octanol–water partition coefficient (Wildman–Crippen LogP) is 3.52. The summed E-state index contributed by atoms with van der Waals surface area (Å²) >= 11 is 0. The molecule has 0 saturated carbocycles. The smallest absolute Gasteiger partial charge is 0.330 e. The average molecular weight is 290 g/mol. The standard InChI is InChI=1S/C18H14N2O2/c21-18(22)13-17(15-9-5-2-6-10-15)20-12-11-16(19-20)14-7-3-1-4-8-14/h1-13H,(H,21,22)/b17-13-. The van der Waals surface area contributed by atoms with Crippen molar-refractivity contribution in [3.63, 3.8) is 0 Å². The zero-order chi connectivity index (χ0) is 15.4. The molecular formula is C18H14N2O2. The Hall–Kier alpha value is -3.14. The van der Waals surface area contributed by atoms with Gasteiger partial charge in [-0.15, -0.1) is 0 Å². The zero-order valence-corrected chi connectivity index (χ0v) is 11.8. The Bertz CT molecular complexity index is 805. The lowest BCUT2D eigenvalue weighted by atomic mass is 10.1. The van der Waals surface area contributed by atoms with Gasteiger partial charge in [-0.1, -0.05) is 60.7 Å². The van der Waals surface area contributed by atoms with Gasteiger partial charge in [-0.2, -0.15) is 5.10 Å². The van der Waals surface area contributed by atoms with E-state index in [9.17, 15) is 4.79 Å². The lowest BCUT2D eigenvalue weighted by molar-refractivity contribution is -0.131. The molecule has 2 aromatic carbocycles. The highest BCUT2D eigenvalue weighted by Gasteiger charge is 2.09. The Morgan fingerprint density at radius 1 is 0.955 bits per heavy atom. The number of nitrogens with zero attached hydrogens (tertiary/aromatic N) is 2. The summed E-state index contributed by atoms with van der Waals surface area (Å²) in [5, 5.41) is 13.6. The van der Waals surface area contributed by atoms with E-state index in [0.29, 0.717) is 5.70 Å². The van der Waals surface area contributed by atoms with E-state index in [2.05, 4.69) is 5.10 Å². The van der Waals surface area contributed by atoms with Gasteiger partial charge in [0.05, 0.1) is 11.4 Å². The van der Waals surface area contributed by atoms with Crippen LogP contribution in [0.3, 0.4) is 0 Å². The molecule has 0 unspecified atom stereocenters. The van der Waals surface area contributed by atoms with Crippen molar-refractivity contribution in [1.82, 2.24) is 9.78 Å².